The van der Waals surface area contributed by atoms with Gasteiger partial charge in [0.05, 0.1) is 19.3 Å². The Hall–Kier alpha value is -1.63. The van der Waals surface area contributed by atoms with Gasteiger partial charge in [-0.15, -0.1) is 0 Å². The second-order valence-electron chi connectivity index (χ2n) is 7.40. The second-order valence-corrected chi connectivity index (χ2v) is 7.40. The van der Waals surface area contributed by atoms with Gasteiger partial charge in [0.25, 0.3) is 0 Å². The van der Waals surface area contributed by atoms with E-state index in [1.54, 1.807) is 7.05 Å². The number of rotatable bonds is 10. The van der Waals surface area contributed by atoms with Crippen LogP contribution < -0.4 is 10.6 Å². The molecule has 0 aromatic heterocycles. The predicted molar refractivity (Wildman–Crippen MR) is 111 cm³/mol. The highest BCUT2D eigenvalue weighted by atomic mass is 16.5. The molecule has 0 aliphatic carbocycles. The molecular formula is C21H36N4O2. The first kappa shape index (κ1) is 21.7. The molecule has 1 fully saturated rings. The molecule has 1 aromatic rings. The van der Waals surface area contributed by atoms with Crippen LogP contribution in [-0.2, 0) is 16.0 Å². The van der Waals surface area contributed by atoms with Crippen LogP contribution in [-0.4, -0.2) is 69.5 Å². The molecule has 2 N–H and O–H groups in total. The van der Waals surface area contributed by atoms with Crippen molar-refractivity contribution in [1.82, 2.24) is 15.5 Å². The van der Waals surface area contributed by atoms with E-state index in [1.807, 2.05) is 0 Å². The number of aliphatic imine (C=N–C) groups is 1. The molecule has 3 atom stereocenters. The molecule has 6 nitrogen and oxygen atoms in total. The Labute approximate surface area is 164 Å². The lowest BCUT2D eigenvalue weighted by Gasteiger charge is -2.25. The smallest absolute Gasteiger partial charge is 0.191 e. The van der Waals surface area contributed by atoms with E-state index >= 15 is 0 Å². The van der Waals surface area contributed by atoms with E-state index in [-0.39, 0.29) is 12.1 Å². The zero-order chi connectivity index (χ0) is 19.5. The van der Waals surface area contributed by atoms with Gasteiger partial charge in [0.15, 0.2) is 5.96 Å². The number of nitrogens with zero attached hydrogens (tertiary/aromatic N) is 2. The van der Waals surface area contributed by atoms with Crippen LogP contribution in [0.1, 0.15) is 32.3 Å². The van der Waals surface area contributed by atoms with Crippen LogP contribution in [0.5, 0.6) is 0 Å². The van der Waals surface area contributed by atoms with Crippen molar-refractivity contribution < 1.29 is 9.47 Å². The van der Waals surface area contributed by atoms with Crippen molar-refractivity contribution in [3.8, 4) is 0 Å². The Morgan fingerprint density at radius 3 is 2.78 bits per heavy atom. The molecule has 152 valence electrons. The first-order chi connectivity index (χ1) is 13.1. The van der Waals surface area contributed by atoms with Gasteiger partial charge in [0.1, 0.15) is 0 Å². The van der Waals surface area contributed by atoms with E-state index < -0.39 is 0 Å². The molecule has 1 aliphatic rings. The molecule has 0 spiro atoms. The Morgan fingerprint density at radius 1 is 1.33 bits per heavy atom. The summed E-state index contributed by atoms with van der Waals surface area (Å²) in [6.07, 6.45) is 2.29. The van der Waals surface area contributed by atoms with E-state index in [0.29, 0.717) is 19.3 Å². The summed E-state index contributed by atoms with van der Waals surface area (Å²) >= 11 is 0. The number of hydrogen-bond donors (Lipinski definition) is 2. The zero-order valence-corrected chi connectivity index (χ0v) is 17.3. The summed E-state index contributed by atoms with van der Waals surface area (Å²) in [5.74, 6) is 0.826. The molecule has 0 saturated carbocycles. The van der Waals surface area contributed by atoms with Crippen molar-refractivity contribution >= 4 is 5.96 Å². The minimum Gasteiger partial charge on any atom is -0.379 e. The lowest BCUT2D eigenvalue weighted by Crippen LogP contribution is -2.45. The zero-order valence-electron chi connectivity index (χ0n) is 17.3. The molecule has 3 unspecified atom stereocenters. The van der Waals surface area contributed by atoms with Crippen molar-refractivity contribution in [3.63, 3.8) is 0 Å². The number of nitrogens with one attached hydrogen (secondary N) is 2. The summed E-state index contributed by atoms with van der Waals surface area (Å²) in [5, 5.41) is 6.80. The highest BCUT2D eigenvalue weighted by Crippen LogP contribution is 2.09. The molecule has 6 heteroatoms. The summed E-state index contributed by atoms with van der Waals surface area (Å²) in [6, 6.07) is 11.3. The summed E-state index contributed by atoms with van der Waals surface area (Å²) in [5.41, 5.74) is 1.35. The lowest BCUT2D eigenvalue weighted by atomic mass is 10.1. The number of guanidine groups is 1. The van der Waals surface area contributed by atoms with Gasteiger partial charge in [-0.2, -0.15) is 0 Å². The maximum Gasteiger partial charge on any atom is 0.191 e. The van der Waals surface area contributed by atoms with Crippen molar-refractivity contribution in [2.45, 2.75) is 51.4 Å². The Balaban J connectivity index is 1.62. The van der Waals surface area contributed by atoms with Crippen LogP contribution in [0, 0.1) is 0 Å². The number of hydrogen-bond acceptors (Lipinski definition) is 4. The highest BCUT2D eigenvalue weighted by molar-refractivity contribution is 5.79. The average molecular weight is 377 g/mol. The van der Waals surface area contributed by atoms with Gasteiger partial charge in [0, 0.05) is 38.8 Å². The van der Waals surface area contributed by atoms with Gasteiger partial charge in [-0.05, 0) is 39.3 Å². The fraction of sp³-hybridized carbons (Fsp3) is 0.667. The van der Waals surface area contributed by atoms with E-state index in [1.165, 1.54) is 5.56 Å². The maximum atomic E-state index is 5.86. The molecule has 1 aromatic carbocycles. The summed E-state index contributed by atoms with van der Waals surface area (Å²) < 4.78 is 11.2. The third kappa shape index (κ3) is 8.28. The summed E-state index contributed by atoms with van der Waals surface area (Å²) in [4.78, 5) is 6.70. The van der Waals surface area contributed by atoms with E-state index in [2.05, 4.69) is 71.8 Å². The minimum atomic E-state index is 0.204. The molecule has 0 bridgehead atoms. The summed E-state index contributed by atoms with van der Waals surface area (Å²) in [7, 11) is 3.98. The van der Waals surface area contributed by atoms with Crippen LogP contribution in [0.3, 0.4) is 0 Å². The average Bonchev–Trinajstić information content (AvgIpc) is 3.19. The van der Waals surface area contributed by atoms with Crippen molar-refractivity contribution in [1.29, 1.82) is 0 Å². The molecule has 1 aliphatic heterocycles. The van der Waals surface area contributed by atoms with Crippen molar-refractivity contribution in [2.24, 2.45) is 4.99 Å². The first-order valence-electron chi connectivity index (χ1n) is 9.99. The lowest BCUT2D eigenvalue weighted by molar-refractivity contribution is 0.0347. The molecule has 1 saturated heterocycles. The first-order valence-corrected chi connectivity index (χ1v) is 9.99. The topological polar surface area (TPSA) is 58.1 Å². The summed E-state index contributed by atoms with van der Waals surface area (Å²) in [6.45, 7) is 8.41. The van der Waals surface area contributed by atoms with Crippen LogP contribution in [0.25, 0.3) is 0 Å². The van der Waals surface area contributed by atoms with E-state index in [0.717, 1.165) is 38.5 Å². The molecule has 0 radical (unpaired) electrons. The molecule has 0 amide bonds. The van der Waals surface area contributed by atoms with Gasteiger partial charge < -0.3 is 20.1 Å². The SMILES string of the molecule is CN=C(NCCC(C)N(C)Cc1ccccc1)NC(C)COC1CCOC1. The van der Waals surface area contributed by atoms with Crippen LogP contribution in [0.15, 0.2) is 35.3 Å². The van der Waals surface area contributed by atoms with Gasteiger partial charge in [-0.25, -0.2) is 0 Å². The van der Waals surface area contributed by atoms with E-state index in [9.17, 15) is 0 Å². The Bertz CT molecular complexity index is 546. The highest BCUT2D eigenvalue weighted by Gasteiger charge is 2.17. The predicted octanol–water partition coefficient (Wildman–Crippen LogP) is 2.26. The van der Waals surface area contributed by atoms with Gasteiger partial charge in [0.2, 0.25) is 0 Å². The second kappa shape index (κ2) is 12.0. The molecular weight excluding hydrogens is 340 g/mol. The van der Waals surface area contributed by atoms with Crippen molar-refractivity contribution in [3.05, 3.63) is 35.9 Å². The Morgan fingerprint density at radius 2 is 2.11 bits per heavy atom. The van der Waals surface area contributed by atoms with Crippen LogP contribution >= 0.6 is 0 Å². The third-order valence-corrected chi connectivity index (χ3v) is 4.96. The third-order valence-electron chi connectivity index (χ3n) is 4.96. The van der Waals surface area contributed by atoms with Gasteiger partial charge >= 0.3 is 0 Å². The quantitative estimate of drug-likeness (QED) is 0.485. The standard InChI is InChI=1S/C21H36N4O2/c1-17(15-27-20-11-13-26-16-20)24-21(22-3)23-12-10-18(2)25(4)14-19-8-6-5-7-9-19/h5-9,17-18,20H,10-16H2,1-4H3,(H2,22,23,24). The van der Waals surface area contributed by atoms with Gasteiger partial charge in [-0.3, -0.25) is 9.89 Å². The van der Waals surface area contributed by atoms with Crippen molar-refractivity contribution in [2.75, 3.05) is 40.5 Å². The fourth-order valence-electron chi connectivity index (χ4n) is 3.04. The number of benzene rings is 1. The fourth-order valence-corrected chi connectivity index (χ4v) is 3.04. The maximum absolute atomic E-state index is 5.86. The molecule has 27 heavy (non-hydrogen) atoms. The minimum absolute atomic E-state index is 0.204. The van der Waals surface area contributed by atoms with Crippen LogP contribution in [0.4, 0.5) is 0 Å². The number of ether oxygens (including phenoxy) is 2. The monoisotopic (exact) mass is 376 g/mol. The molecule has 1 heterocycles. The molecule has 2 rings (SSSR count). The van der Waals surface area contributed by atoms with Gasteiger partial charge in [-0.1, -0.05) is 30.3 Å². The largest absolute Gasteiger partial charge is 0.379 e. The normalized spacial score (nSPS) is 19.9. The van der Waals surface area contributed by atoms with E-state index in [4.69, 9.17) is 9.47 Å². The van der Waals surface area contributed by atoms with Crippen LogP contribution in [0.2, 0.25) is 0 Å². The Kier molecular flexibility index (Phi) is 9.59.